The van der Waals surface area contributed by atoms with Crippen molar-refractivity contribution in [3.05, 3.63) is 55.4 Å². The predicted molar refractivity (Wildman–Crippen MR) is 120 cm³/mol. The highest BCUT2D eigenvalue weighted by atomic mass is 32.1. The molecule has 0 bridgehead atoms. The molecule has 4 heterocycles. The van der Waals surface area contributed by atoms with Crippen molar-refractivity contribution in [1.82, 2.24) is 24.6 Å². The van der Waals surface area contributed by atoms with E-state index in [9.17, 15) is 9.59 Å². The zero-order chi connectivity index (χ0) is 21.5. The van der Waals surface area contributed by atoms with Gasteiger partial charge in [-0.25, -0.2) is 4.98 Å². The SMILES string of the molecule is Cc1ccsc1C(=O)N1CCc2c(c(C(=O)N(C)Cc3cscn3)nn2CC2CC2)C1. The van der Waals surface area contributed by atoms with E-state index in [0.29, 0.717) is 31.2 Å². The Morgan fingerprint density at radius 2 is 2.16 bits per heavy atom. The lowest BCUT2D eigenvalue weighted by Gasteiger charge is -2.28. The van der Waals surface area contributed by atoms with E-state index in [1.165, 1.54) is 35.5 Å². The lowest BCUT2D eigenvalue weighted by atomic mass is 10.0. The Bertz CT molecular complexity index is 1110. The number of hydrogen-bond acceptors (Lipinski definition) is 6. The minimum Gasteiger partial charge on any atom is -0.334 e. The van der Waals surface area contributed by atoms with Crippen LogP contribution in [0.2, 0.25) is 0 Å². The third kappa shape index (κ3) is 4.04. The quantitative estimate of drug-likeness (QED) is 0.570. The Labute approximate surface area is 189 Å². The Morgan fingerprint density at radius 1 is 1.32 bits per heavy atom. The highest BCUT2D eigenvalue weighted by Crippen LogP contribution is 2.33. The van der Waals surface area contributed by atoms with Crippen LogP contribution in [0.15, 0.2) is 22.3 Å². The number of carbonyl (C=O) groups excluding carboxylic acids is 2. The molecule has 0 saturated heterocycles. The van der Waals surface area contributed by atoms with Gasteiger partial charge in [-0.1, -0.05) is 0 Å². The Balaban J connectivity index is 1.43. The fraction of sp³-hybridized carbons (Fsp3) is 0.455. The van der Waals surface area contributed by atoms with Crippen molar-refractivity contribution in [3.63, 3.8) is 0 Å². The number of aryl methyl sites for hydroxylation is 1. The van der Waals surface area contributed by atoms with Crippen LogP contribution in [0.3, 0.4) is 0 Å². The van der Waals surface area contributed by atoms with Gasteiger partial charge in [0.05, 0.1) is 29.2 Å². The molecule has 3 aromatic rings. The molecule has 5 rings (SSSR count). The van der Waals surface area contributed by atoms with E-state index < -0.39 is 0 Å². The molecule has 1 saturated carbocycles. The molecule has 0 unspecified atom stereocenters. The molecule has 3 aromatic heterocycles. The summed E-state index contributed by atoms with van der Waals surface area (Å²) in [7, 11) is 1.79. The van der Waals surface area contributed by atoms with E-state index in [1.807, 2.05) is 33.3 Å². The van der Waals surface area contributed by atoms with Crippen molar-refractivity contribution in [2.75, 3.05) is 13.6 Å². The number of amides is 2. The Hall–Kier alpha value is -2.52. The Kier molecular flexibility index (Phi) is 5.39. The molecular weight excluding hydrogens is 430 g/mol. The van der Waals surface area contributed by atoms with Gasteiger partial charge in [-0.3, -0.25) is 14.3 Å². The molecule has 0 radical (unpaired) electrons. The van der Waals surface area contributed by atoms with E-state index in [-0.39, 0.29) is 11.8 Å². The van der Waals surface area contributed by atoms with E-state index in [4.69, 9.17) is 5.10 Å². The van der Waals surface area contributed by atoms with Crippen LogP contribution in [-0.4, -0.2) is 50.0 Å². The molecule has 0 spiro atoms. The van der Waals surface area contributed by atoms with Crippen molar-refractivity contribution in [2.45, 2.75) is 45.8 Å². The third-order valence-corrected chi connectivity index (χ3v) is 7.68. The van der Waals surface area contributed by atoms with E-state index >= 15 is 0 Å². The Morgan fingerprint density at radius 3 is 2.84 bits per heavy atom. The first-order chi connectivity index (χ1) is 15.0. The first kappa shape index (κ1) is 20.4. The zero-order valence-electron chi connectivity index (χ0n) is 17.7. The molecule has 0 aromatic carbocycles. The minimum atomic E-state index is -0.111. The third-order valence-electron chi connectivity index (χ3n) is 6.04. The fourth-order valence-electron chi connectivity index (χ4n) is 4.08. The largest absolute Gasteiger partial charge is 0.334 e. The van der Waals surface area contributed by atoms with Crippen LogP contribution in [-0.2, 0) is 26.1 Å². The van der Waals surface area contributed by atoms with Gasteiger partial charge in [-0.05, 0) is 42.7 Å². The number of rotatable bonds is 6. The first-order valence-electron chi connectivity index (χ1n) is 10.6. The summed E-state index contributed by atoms with van der Waals surface area (Å²) in [5.41, 5.74) is 6.15. The van der Waals surface area contributed by atoms with Crippen LogP contribution >= 0.6 is 22.7 Å². The van der Waals surface area contributed by atoms with E-state index in [0.717, 1.165) is 40.4 Å². The minimum absolute atomic E-state index is 0.0438. The number of thiophene rings is 1. The van der Waals surface area contributed by atoms with Crippen LogP contribution in [0.5, 0.6) is 0 Å². The van der Waals surface area contributed by atoms with Gasteiger partial charge in [0.1, 0.15) is 0 Å². The summed E-state index contributed by atoms with van der Waals surface area (Å²) >= 11 is 3.00. The van der Waals surface area contributed by atoms with Gasteiger partial charge >= 0.3 is 0 Å². The molecule has 2 amide bonds. The monoisotopic (exact) mass is 455 g/mol. The summed E-state index contributed by atoms with van der Waals surface area (Å²) in [5.74, 6) is 0.593. The van der Waals surface area contributed by atoms with Crippen molar-refractivity contribution in [1.29, 1.82) is 0 Å². The van der Waals surface area contributed by atoms with E-state index in [1.54, 1.807) is 17.5 Å². The van der Waals surface area contributed by atoms with Crippen LogP contribution < -0.4 is 0 Å². The first-order valence-corrected chi connectivity index (χ1v) is 12.4. The fourth-order valence-corrected chi connectivity index (χ4v) is 5.52. The molecule has 9 heteroatoms. The van der Waals surface area contributed by atoms with Crippen LogP contribution in [0.4, 0.5) is 0 Å². The predicted octanol–water partition coefficient (Wildman–Crippen LogP) is 3.59. The number of hydrogen-bond donors (Lipinski definition) is 0. The number of carbonyl (C=O) groups is 2. The highest BCUT2D eigenvalue weighted by molar-refractivity contribution is 7.12. The summed E-state index contributed by atoms with van der Waals surface area (Å²) in [6, 6.07) is 1.98. The van der Waals surface area contributed by atoms with Crippen molar-refractivity contribution in [3.8, 4) is 0 Å². The number of thiazole rings is 1. The second-order valence-corrected chi connectivity index (χ2v) is 10.1. The smallest absolute Gasteiger partial charge is 0.274 e. The van der Waals surface area contributed by atoms with Crippen molar-refractivity contribution < 1.29 is 9.59 Å². The molecule has 0 N–H and O–H groups in total. The second kappa shape index (κ2) is 8.20. The molecule has 31 heavy (non-hydrogen) atoms. The molecule has 1 aliphatic carbocycles. The van der Waals surface area contributed by atoms with Gasteiger partial charge < -0.3 is 9.80 Å². The van der Waals surface area contributed by atoms with Crippen LogP contribution in [0.1, 0.15) is 55.5 Å². The average molecular weight is 456 g/mol. The molecular formula is C22H25N5O2S2. The summed E-state index contributed by atoms with van der Waals surface area (Å²) < 4.78 is 2.04. The molecule has 2 aliphatic rings. The summed E-state index contributed by atoms with van der Waals surface area (Å²) in [4.78, 5) is 35.1. The van der Waals surface area contributed by atoms with Crippen LogP contribution in [0.25, 0.3) is 0 Å². The zero-order valence-corrected chi connectivity index (χ0v) is 19.3. The van der Waals surface area contributed by atoms with Gasteiger partial charge in [0.2, 0.25) is 0 Å². The summed E-state index contributed by atoms with van der Waals surface area (Å²) in [5, 5.41) is 8.67. The van der Waals surface area contributed by atoms with Crippen LogP contribution in [0, 0.1) is 12.8 Å². The van der Waals surface area contributed by atoms with Gasteiger partial charge in [-0.2, -0.15) is 5.10 Å². The lowest BCUT2D eigenvalue weighted by molar-refractivity contribution is 0.0724. The summed E-state index contributed by atoms with van der Waals surface area (Å²) in [6.45, 7) is 4.37. The normalized spacial score (nSPS) is 15.7. The van der Waals surface area contributed by atoms with E-state index in [2.05, 4.69) is 4.98 Å². The second-order valence-electron chi connectivity index (χ2n) is 8.45. The highest BCUT2D eigenvalue weighted by Gasteiger charge is 2.34. The topological polar surface area (TPSA) is 71.3 Å². The maximum atomic E-state index is 13.3. The lowest BCUT2D eigenvalue weighted by Crippen LogP contribution is -2.37. The van der Waals surface area contributed by atoms with Gasteiger partial charge in [0.15, 0.2) is 5.69 Å². The maximum Gasteiger partial charge on any atom is 0.274 e. The molecule has 7 nitrogen and oxygen atoms in total. The van der Waals surface area contributed by atoms with Gasteiger partial charge in [0, 0.05) is 43.2 Å². The summed E-state index contributed by atoms with van der Waals surface area (Å²) in [6.07, 6.45) is 3.18. The van der Waals surface area contributed by atoms with Gasteiger partial charge in [0.25, 0.3) is 11.8 Å². The molecule has 1 fully saturated rings. The maximum absolute atomic E-state index is 13.3. The van der Waals surface area contributed by atoms with Crippen molar-refractivity contribution >= 4 is 34.5 Å². The number of nitrogens with zero attached hydrogens (tertiary/aromatic N) is 5. The van der Waals surface area contributed by atoms with Crippen molar-refractivity contribution in [2.24, 2.45) is 5.92 Å². The van der Waals surface area contributed by atoms with Gasteiger partial charge in [-0.15, -0.1) is 22.7 Å². The number of aromatic nitrogens is 3. The molecule has 162 valence electrons. The number of fused-ring (bicyclic) bond motifs is 1. The molecule has 0 atom stereocenters. The average Bonchev–Trinajstić information content (AvgIpc) is 3.13. The standard InChI is InChI=1S/C22H25N5O2S2/c1-14-6-8-31-20(14)22(29)26-7-5-18-17(11-26)19(24-27(18)9-15-3-4-15)21(28)25(2)10-16-12-30-13-23-16/h6,8,12-13,15H,3-5,7,9-11H2,1-2H3. The molecule has 1 aliphatic heterocycles.